The number of hydrogen-bond donors (Lipinski definition) is 1. The number of nitrogens with one attached hydrogen (secondary N) is 1. The number of hydrogen-bond acceptors (Lipinski definition) is 4. The number of fused-ring (bicyclic) bond motifs is 1. The summed E-state index contributed by atoms with van der Waals surface area (Å²) in [4.78, 5) is 12.7. The molecule has 0 radical (unpaired) electrons. The Morgan fingerprint density at radius 1 is 1.12 bits per heavy atom. The monoisotopic (exact) mass is 353 g/mol. The second kappa shape index (κ2) is 7.28. The molecule has 25 heavy (non-hydrogen) atoms. The van der Waals surface area contributed by atoms with Gasteiger partial charge in [-0.15, -0.1) is 11.3 Å². The van der Waals surface area contributed by atoms with Crippen molar-refractivity contribution in [2.75, 3.05) is 5.32 Å². The zero-order valence-electron chi connectivity index (χ0n) is 14.8. The van der Waals surface area contributed by atoms with E-state index in [1.807, 2.05) is 24.3 Å². The van der Waals surface area contributed by atoms with Crippen LogP contribution >= 0.6 is 11.3 Å². The smallest absolute Gasteiger partial charge is 0.308 e. The lowest BCUT2D eigenvalue weighted by Gasteiger charge is -2.31. The summed E-state index contributed by atoms with van der Waals surface area (Å²) in [6, 6.07) is 16.2. The SMILES string of the molecule is CCCC(C)(Nc1cccc2c(OC(C)=O)cccc12)c1cccs1. The highest BCUT2D eigenvalue weighted by Gasteiger charge is 2.27. The molecular formula is C21H23NO2S. The molecule has 1 aromatic heterocycles. The fourth-order valence-corrected chi connectivity index (χ4v) is 4.15. The molecule has 2 aromatic carbocycles. The summed E-state index contributed by atoms with van der Waals surface area (Å²) >= 11 is 1.77. The molecule has 3 nitrogen and oxygen atoms in total. The average molecular weight is 353 g/mol. The number of carbonyl (C=O) groups is 1. The van der Waals surface area contributed by atoms with Crippen LogP contribution < -0.4 is 10.1 Å². The summed E-state index contributed by atoms with van der Waals surface area (Å²) in [5.41, 5.74) is 0.921. The summed E-state index contributed by atoms with van der Waals surface area (Å²) in [6.07, 6.45) is 2.12. The van der Waals surface area contributed by atoms with Crippen molar-refractivity contribution in [3.63, 3.8) is 0 Å². The Morgan fingerprint density at radius 2 is 1.88 bits per heavy atom. The van der Waals surface area contributed by atoms with Gasteiger partial charge in [0.25, 0.3) is 0 Å². The van der Waals surface area contributed by atoms with E-state index < -0.39 is 0 Å². The topological polar surface area (TPSA) is 38.3 Å². The third-order valence-electron chi connectivity index (χ3n) is 4.36. The lowest BCUT2D eigenvalue weighted by molar-refractivity contribution is -0.131. The van der Waals surface area contributed by atoms with Crippen molar-refractivity contribution in [1.29, 1.82) is 0 Å². The molecule has 3 rings (SSSR count). The van der Waals surface area contributed by atoms with Gasteiger partial charge in [0.2, 0.25) is 0 Å². The van der Waals surface area contributed by atoms with Crippen LogP contribution in [-0.2, 0) is 10.3 Å². The van der Waals surface area contributed by atoms with Gasteiger partial charge >= 0.3 is 5.97 Å². The zero-order chi connectivity index (χ0) is 17.9. The standard InChI is InChI=1S/C21H23NO2S/c1-4-13-21(3,20-12-7-14-25-20)22-18-10-5-9-17-16(18)8-6-11-19(17)24-15(2)23/h5-12,14,22H,4,13H2,1-3H3. The minimum absolute atomic E-state index is 0.130. The molecule has 1 heterocycles. The van der Waals surface area contributed by atoms with Crippen molar-refractivity contribution in [2.24, 2.45) is 0 Å². The van der Waals surface area contributed by atoms with Crippen LogP contribution in [0.5, 0.6) is 5.75 Å². The molecule has 0 aliphatic rings. The van der Waals surface area contributed by atoms with E-state index in [1.165, 1.54) is 11.8 Å². The zero-order valence-corrected chi connectivity index (χ0v) is 15.7. The van der Waals surface area contributed by atoms with Gasteiger partial charge in [0.15, 0.2) is 0 Å². The first kappa shape index (κ1) is 17.5. The molecule has 130 valence electrons. The summed E-state index contributed by atoms with van der Waals surface area (Å²) in [5.74, 6) is 0.294. The van der Waals surface area contributed by atoms with E-state index in [-0.39, 0.29) is 11.5 Å². The molecule has 1 atom stereocenters. The molecule has 0 saturated heterocycles. The minimum atomic E-state index is -0.305. The maximum atomic E-state index is 11.4. The fourth-order valence-electron chi connectivity index (χ4n) is 3.27. The van der Waals surface area contributed by atoms with E-state index in [1.54, 1.807) is 11.3 Å². The maximum Gasteiger partial charge on any atom is 0.308 e. The van der Waals surface area contributed by atoms with E-state index in [0.29, 0.717) is 5.75 Å². The Balaban J connectivity index is 2.05. The highest BCUT2D eigenvalue weighted by Crippen LogP contribution is 2.37. The van der Waals surface area contributed by atoms with Gasteiger partial charge in [-0.05, 0) is 36.9 Å². The molecule has 1 N–H and O–H groups in total. The minimum Gasteiger partial charge on any atom is -0.426 e. The van der Waals surface area contributed by atoms with Gasteiger partial charge in [-0.25, -0.2) is 0 Å². The summed E-state index contributed by atoms with van der Waals surface area (Å²) in [6.45, 7) is 5.88. The summed E-state index contributed by atoms with van der Waals surface area (Å²) in [7, 11) is 0. The molecule has 1 unspecified atom stereocenters. The van der Waals surface area contributed by atoms with E-state index in [4.69, 9.17) is 4.74 Å². The first-order chi connectivity index (χ1) is 12.0. The average Bonchev–Trinajstić information content (AvgIpc) is 3.11. The number of carbonyl (C=O) groups excluding carboxylic acids is 1. The molecular weight excluding hydrogens is 330 g/mol. The van der Waals surface area contributed by atoms with Crippen LogP contribution in [0.1, 0.15) is 38.5 Å². The molecule has 0 aliphatic heterocycles. The van der Waals surface area contributed by atoms with Gasteiger partial charge < -0.3 is 10.1 Å². The molecule has 4 heteroatoms. The van der Waals surface area contributed by atoms with E-state index in [2.05, 4.69) is 48.8 Å². The molecule has 0 amide bonds. The molecule has 0 aliphatic carbocycles. The van der Waals surface area contributed by atoms with Gasteiger partial charge in [0.1, 0.15) is 5.75 Å². The van der Waals surface area contributed by atoms with Gasteiger partial charge in [0.05, 0.1) is 5.54 Å². The van der Waals surface area contributed by atoms with Gasteiger partial charge in [-0.2, -0.15) is 0 Å². The third-order valence-corrected chi connectivity index (χ3v) is 5.50. The van der Waals surface area contributed by atoms with Crippen LogP contribution in [0.25, 0.3) is 10.8 Å². The maximum absolute atomic E-state index is 11.4. The number of thiophene rings is 1. The number of benzene rings is 2. The fraction of sp³-hybridized carbons (Fsp3) is 0.286. The normalized spacial score (nSPS) is 13.4. The van der Waals surface area contributed by atoms with Crippen molar-refractivity contribution in [3.8, 4) is 5.75 Å². The molecule has 0 saturated carbocycles. The van der Waals surface area contributed by atoms with Gasteiger partial charge in [0, 0.05) is 28.3 Å². The first-order valence-corrected chi connectivity index (χ1v) is 9.44. The highest BCUT2D eigenvalue weighted by molar-refractivity contribution is 7.10. The van der Waals surface area contributed by atoms with E-state index in [0.717, 1.165) is 29.3 Å². The number of rotatable bonds is 6. The number of ether oxygens (including phenoxy) is 1. The van der Waals surface area contributed by atoms with Crippen molar-refractivity contribution < 1.29 is 9.53 Å². The van der Waals surface area contributed by atoms with Gasteiger partial charge in [-0.1, -0.05) is 43.7 Å². The van der Waals surface area contributed by atoms with E-state index in [9.17, 15) is 4.79 Å². The molecule has 0 bridgehead atoms. The second-order valence-corrected chi connectivity index (χ2v) is 7.38. The summed E-state index contributed by atoms with van der Waals surface area (Å²) in [5, 5.41) is 7.86. The first-order valence-electron chi connectivity index (χ1n) is 8.56. The second-order valence-electron chi connectivity index (χ2n) is 6.43. The molecule has 0 spiro atoms. The van der Waals surface area contributed by atoms with E-state index >= 15 is 0 Å². The van der Waals surface area contributed by atoms with Gasteiger partial charge in [-0.3, -0.25) is 4.79 Å². The third kappa shape index (κ3) is 3.69. The largest absolute Gasteiger partial charge is 0.426 e. The van der Waals surface area contributed by atoms with Crippen molar-refractivity contribution in [3.05, 3.63) is 58.8 Å². The van der Waals surface area contributed by atoms with Crippen molar-refractivity contribution in [2.45, 2.75) is 39.2 Å². The van der Waals surface area contributed by atoms with Crippen LogP contribution in [0.2, 0.25) is 0 Å². The Morgan fingerprint density at radius 3 is 2.56 bits per heavy atom. The molecule has 3 aromatic rings. The lowest BCUT2D eigenvalue weighted by atomic mass is 9.93. The van der Waals surface area contributed by atoms with Crippen molar-refractivity contribution in [1.82, 2.24) is 0 Å². The Labute approximate surface area is 152 Å². The van der Waals surface area contributed by atoms with Crippen LogP contribution in [0.4, 0.5) is 5.69 Å². The van der Waals surface area contributed by atoms with Crippen LogP contribution in [-0.4, -0.2) is 5.97 Å². The predicted molar refractivity (Wildman–Crippen MR) is 105 cm³/mol. The Kier molecular flexibility index (Phi) is 5.09. The summed E-state index contributed by atoms with van der Waals surface area (Å²) < 4.78 is 5.37. The van der Waals surface area contributed by atoms with Crippen molar-refractivity contribution >= 4 is 33.8 Å². The van der Waals surface area contributed by atoms with Crippen LogP contribution in [0.15, 0.2) is 53.9 Å². The lowest BCUT2D eigenvalue weighted by Crippen LogP contribution is -2.30. The Bertz CT molecular complexity index is 873. The number of esters is 1. The molecule has 0 fully saturated rings. The highest BCUT2D eigenvalue weighted by atomic mass is 32.1. The number of anilines is 1. The quantitative estimate of drug-likeness (QED) is 0.439. The predicted octanol–water partition coefficient (Wildman–Crippen LogP) is 5.95. The van der Waals surface area contributed by atoms with Crippen LogP contribution in [0, 0.1) is 0 Å². The Hall–Kier alpha value is -2.33. The van der Waals surface area contributed by atoms with Crippen LogP contribution in [0.3, 0.4) is 0 Å².